The quantitative estimate of drug-likeness (QED) is 0.522. The predicted octanol–water partition coefficient (Wildman–Crippen LogP) is 4.13. The van der Waals surface area contributed by atoms with E-state index in [9.17, 15) is 5.26 Å². The Morgan fingerprint density at radius 1 is 0.952 bits per heavy atom. The fourth-order valence-electron chi connectivity index (χ4n) is 2.95. The van der Waals surface area contributed by atoms with Crippen molar-refractivity contribution in [3.8, 4) is 11.8 Å². The second-order valence-corrected chi connectivity index (χ2v) is 4.98. The van der Waals surface area contributed by atoms with Crippen molar-refractivity contribution in [2.24, 2.45) is 0 Å². The van der Waals surface area contributed by atoms with Crippen molar-refractivity contribution in [3.63, 3.8) is 0 Å². The Morgan fingerprint density at radius 3 is 2.57 bits per heavy atom. The third-order valence-corrected chi connectivity index (χ3v) is 3.92. The smallest absolute Gasteiger partial charge is 0.119 e. The van der Waals surface area contributed by atoms with E-state index in [-0.39, 0.29) is 0 Å². The molecule has 0 aliphatic heterocycles. The third-order valence-electron chi connectivity index (χ3n) is 3.92. The van der Waals surface area contributed by atoms with E-state index >= 15 is 0 Å². The van der Waals surface area contributed by atoms with Crippen molar-refractivity contribution < 1.29 is 4.74 Å². The molecule has 0 aliphatic carbocycles. The van der Waals surface area contributed by atoms with E-state index in [1.807, 2.05) is 36.4 Å². The zero-order chi connectivity index (χ0) is 14.4. The average Bonchev–Trinajstić information content (AvgIpc) is 2.87. The summed E-state index contributed by atoms with van der Waals surface area (Å²) in [5.74, 6) is 0.763. The summed E-state index contributed by atoms with van der Waals surface area (Å²) in [6.45, 7) is 0. The van der Waals surface area contributed by atoms with E-state index in [4.69, 9.17) is 4.74 Å². The van der Waals surface area contributed by atoms with Crippen LogP contribution in [0.1, 0.15) is 5.56 Å². The van der Waals surface area contributed by atoms with Crippen molar-refractivity contribution in [1.29, 1.82) is 5.26 Å². The zero-order valence-electron chi connectivity index (χ0n) is 11.5. The fraction of sp³-hybridized carbons (Fsp3) is 0.0556. The van der Waals surface area contributed by atoms with Gasteiger partial charge >= 0.3 is 0 Å². The number of aromatic nitrogens is 1. The van der Waals surface area contributed by atoms with Crippen LogP contribution in [-0.2, 0) is 0 Å². The SMILES string of the molecule is COc1ccc2c(c1)c(C#N)c1ccc3ccccc3n12. The second kappa shape index (κ2) is 4.26. The molecule has 0 fully saturated rings. The van der Waals surface area contributed by atoms with E-state index in [1.54, 1.807) is 7.11 Å². The molecule has 2 aromatic carbocycles. The minimum absolute atomic E-state index is 0.689. The van der Waals surface area contributed by atoms with Crippen LogP contribution in [0.5, 0.6) is 5.75 Å². The van der Waals surface area contributed by atoms with Gasteiger partial charge in [0.1, 0.15) is 11.8 Å². The molecule has 0 radical (unpaired) electrons. The number of pyridine rings is 1. The first-order valence-corrected chi connectivity index (χ1v) is 6.73. The number of methoxy groups -OCH3 is 1. The number of fused-ring (bicyclic) bond motifs is 5. The number of para-hydroxylation sites is 1. The van der Waals surface area contributed by atoms with Gasteiger partial charge in [-0.15, -0.1) is 0 Å². The van der Waals surface area contributed by atoms with Crippen molar-refractivity contribution in [1.82, 2.24) is 4.40 Å². The monoisotopic (exact) mass is 272 g/mol. The number of nitriles is 1. The highest BCUT2D eigenvalue weighted by atomic mass is 16.5. The molecule has 4 rings (SSSR count). The van der Waals surface area contributed by atoms with E-state index < -0.39 is 0 Å². The molecule has 21 heavy (non-hydrogen) atoms. The molecule has 0 spiro atoms. The van der Waals surface area contributed by atoms with Gasteiger partial charge in [0.25, 0.3) is 0 Å². The number of rotatable bonds is 1. The Morgan fingerprint density at radius 2 is 1.76 bits per heavy atom. The molecule has 0 atom stereocenters. The largest absolute Gasteiger partial charge is 0.497 e. The normalized spacial score (nSPS) is 11.0. The van der Waals surface area contributed by atoms with Crippen LogP contribution in [0.3, 0.4) is 0 Å². The van der Waals surface area contributed by atoms with Crippen LogP contribution in [-0.4, -0.2) is 11.5 Å². The maximum absolute atomic E-state index is 9.55. The Labute approximate surface area is 121 Å². The first-order chi connectivity index (χ1) is 10.3. The summed E-state index contributed by atoms with van der Waals surface area (Å²) < 4.78 is 7.43. The molecule has 0 bridgehead atoms. The molecule has 3 heteroatoms. The molecule has 0 aliphatic rings. The van der Waals surface area contributed by atoms with Crippen LogP contribution in [0, 0.1) is 11.3 Å². The minimum Gasteiger partial charge on any atom is -0.497 e. The molecule has 2 heterocycles. The van der Waals surface area contributed by atoms with E-state index in [1.165, 1.54) is 0 Å². The number of nitrogens with zero attached hydrogens (tertiary/aromatic N) is 2. The van der Waals surface area contributed by atoms with Crippen LogP contribution >= 0.6 is 0 Å². The summed E-state index contributed by atoms with van der Waals surface area (Å²) in [5, 5.41) is 11.6. The second-order valence-electron chi connectivity index (χ2n) is 4.98. The summed E-state index contributed by atoms with van der Waals surface area (Å²) in [6, 6.07) is 20.5. The lowest BCUT2D eigenvalue weighted by Crippen LogP contribution is -1.87. The van der Waals surface area contributed by atoms with Gasteiger partial charge in [0.05, 0.1) is 29.2 Å². The molecule has 0 saturated heterocycles. The Balaban J connectivity index is 2.31. The Bertz CT molecular complexity index is 1040. The lowest BCUT2D eigenvalue weighted by atomic mass is 10.1. The first-order valence-electron chi connectivity index (χ1n) is 6.73. The molecular formula is C18H12N2O. The van der Waals surface area contributed by atoms with Crippen LogP contribution in [0.15, 0.2) is 54.6 Å². The molecule has 0 N–H and O–H groups in total. The molecule has 100 valence electrons. The Hall–Kier alpha value is -2.99. The highest BCUT2D eigenvalue weighted by Crippen LogP contribution is 2.32. The van der Waals surface area contributed by atoms with Crippen LogP contribution < -0.4 is 4.74 Å². The van der Waals surface area contributed by atoms with Gasteiger partial charge in [-0.2, -0.15) is 5.26 Å². The van der Waals surface area contributed by atoms with Crippen molar-refractivity contribution in [3.05, 3.63) is 60.2 Å². The van der Waals surface area contributed by atoms with Gasteiger partial charge in [0.15, 0.2) is 0 Å². The highest BCUT2D eigenvalue weighted by molar-refractivity contribution is 6.00. The van der Waals surface area contributed by atoms with Gasteiger partial charge in [-0.05, 0) is 35.7 Å². The molecule has 2 aromatic heterocycles. The van der Waals surface area contributed by atoms with Crippen molar-refractivity contribution >= 4 is 27.3 Å². The van der Waals surface area contributed by atoms with Gasteiger partial charge in [-0.25, -0.2) is 0 Å². The summed E-state index contributed by atoms with van der Waals surface area (Å²) in [4.78, 5) is 0. The number of ether oxygens (including phenoxy) is 1. The summed E-state index contributed by atoms with van der Waals surface area (Å²) >= 11 is 0. The summed E-state index contributed by atoms with van der Waals surface area (Å²) in [5.41, 5.74) is 3.75. The first kappa shape index (κ1) is 11.8. The molecule has 0 saturated carbocycles. The summed E-state index contributed by atoms with van der Waals surface area (Å²) in [6.07, 6.45) is 0. The lowest BCUT2D eigenvalue weighted by Gasteiger charge is -2.04. The van der Waals surface area contributed by atoms with Crippen molar-refractivity contribution in [2.45, 2.75) is 0 Å². The molecular weight excluding hydrogens is 260 g/mol. The van der Waals surface area contributed by atoms with Gasteiger partial charge in [-0.1, -0.05) is 24.3 Å². The van der Waals surface area contributed by atoms with Gasteiger partial charge in [0.2, 0.25) is 0 Å². The topological polar surface area (TPSA) is 37.4 Å². The van der Waals surface area contributed by atoms with E-state index in [0.29, 0.717) is 5.56 Å². The van der Waals surface area contributed by atoms with Gasteiger partial charge in [-0.3, -0.25) is 0 Å². The predicted molar refractivity (Wildman–Crippen MR) is 83.7 cm³/mol. The standard InChI is InChI=1S/C18H12N2O/c1-21-13-7-9-17-14(10-13)15(11-19)18-8-6-12-4-2-3-5-16(12)20(17)18/h2-10H,1H3. The number of hydrogen-bond donors (Lipinski definition) is 0. The Kier molecular flexibility index (Phi) is 2.39. The van der Waals surface area contributed by atoms with E-state index in [2.05, 4.69) is 28.7 Å². The maximum Gasteiger partial charge on any atom is 0.119 e. The molecule has 4 aromatic rings. The van der Waals surface area contributed by atoms with Crippen LogP contribution in [0.2, 0.25) is 0 Å². The fourth-order valence-corrected chi connectivity index (χ4v) is 2.95. The van der Waals surface area contributed by atoms with E-state index in [0.717, 1.165) is 33.1 Å². The van der Waals surface area contributed by atoms with Gasteiger partial charge < -0.3 is 9.14 Å². The number of hydrogen-bond acceptors (Lipinski definition) is 2. The van der Waals surface area contributed by atoms with Crippen molar-refractivity contribution in [2.75, 3.05) is 7.11 Å². The summed E-state index contributed by atoms with van der Waals surface area (Å²) in [7, 11) is 1.64. The molecule has 0 amide bonds. The van der Waals surface area contributed by atoms with Gasteiger partial charge in [0, 0.05) is 5.39 Å². The molecule has 3 nitrogen and oxygen atoms in total. The lowest BCUT2D eigenvalue weighted by molar-refractivity contribution is 0.415. The number of benzene rings is 2. The maximum atomic E-state index is 9.55. The molecule has 0 unspecified atom stereocenters. The minimum atomic E-state index is 0.689. The average molecular weight is 272 g/mol. The van der Waals surface area contributed by atoms with Crippen LogP contribution in [0.4, 0.5) is 0 Å². The third kappa shape index (κ3) is 1.53. The highest BCUT2D eigenvalue weighted by Gasteiger charge is 2.14. The van der Waals surface area contributed by atoms with Crippen LogP contribution in [0.25, 0.3) is 27.3 Å². The zero-order valence-corrected chi connectivity index (χ0v) is 11.5.